The predicted molar refractivity (Wildman–Crippen MR) is 99.7 cm³/mol. The maximum Gasteiger partial charge on any atom is 0.328 e. The Bertz CT molecular complexity index is 1040. The number of amides is 1. The molecule has 0 N–H and O–H groups in total. The third-order valence-electron chi connectivity index (χ3n) is 4.63. The highest BCUT2D eigenvalue weighted by atomic mass is 32.1. The zero-order chi connectivity index (χ0) is 19.7. The van der Waals surface area contributed by atoms with Gasteiger partial charge < -0.3 is 14.4 Å². The highest BCUT2D eigenvalue weighted by molar-refractivity contribution is 7.00. The minimum Gasteiger partial charge on any atom is -0.485 e. The molecule has 2 heterocycles. The molecule has 28 heavy (non-hydrogen) atoms. The van der Waals surface area contributed by atoms with Crippen LogP contribution in [0.3, 0.4) is 0 Å². The number of para-hydroxylation sites is 1. The SMILES string of the molecule is COC(=O)[C@@H]1C[C@H](Oc2ccccc2F)CN1C(=O)c1ccc2nsnc2c1. The largest absolute Gasteiger partial charge is 0.485 e. The fraction of sp³-hybridized carbons (Fsp3) is 0.263. The second kappa shape index (κ2) is 7.51. The first kappa shape index (κ1) is 18.3. The first-order chi connectivity index (χ1) is 13.6. The number of hydrogen-bond acceptors (Lipinski definition) is 7. The second-order valence-electron chi connectivity index (χ2n) is 6.37. The van der Waals surface area contributed by atoms with E-state index in [1.807, 2.05) is 0 Å². The van der Waals surface area contributed by atoms with E-state index in [2.05, 4.69) is 8.75 Å². The molecular weight excluding hydrogens is 385 g/mol. The van der Waals surface area contributed by atoms with Gasteiger partial charge in [-0.3, -0.25) is 4.79 Å². The van der Waals surface area contributed by atoms with E-state index >= 15 is 0 Å². The first-order valence-corrected chi connectivity index (χ1v) is 9.32. The van der Waals surface area contributed by atoms with E-state index in [0.29, 0.717) is 16.6 Å². The molecule has 1 amide bonds. The summed E-state index contributed by atoms with van der Waals surface area (Å²) in [5.41, 5.74) is 1.71. The number of carbonyl (C=O) groups excluding carboxylic acids is 2. The molecule has 0 bridgehead atoms. The number of ether oxygens (including phenoxy) is 2. The molecule has 3 aromatic rings. The molecule has 0 spiro atoms. The highest BCUT2D eigenvalue weighted by Crippen LogP contribution is 2.27. The lowest BCUT2D eigenvalue weighted by Gasteiger charge is -2.22. The lowest BCUT2D eigenvalue weighted by atomic mass is 10.1. The summed E-state index contributed by atoms with van der Waals surface area (Å²) in [5.74, 6) is -1.29. The number of methoxy groups -OCH3 is 1. The maximum atomic E-state index is 13.9. The van der Waals surface area contributed by atoms with Gasteiger partial charge in [-0.05, 0) is 30.3 Å². The van der Waals surface area contributed by atoms with Gasteiger partial charge in [0, 0.05) is 12.0 Å². The molecule has 1 aliphatic heterocycles. The molecule has 144 valence electrons. The lowest BCUT2D eigenvalue weighted by Crippen LogP contribution is -2.41. The van der Waals surface area contributed by atoms with E-state index in [0.717, 1.165) is 11.7 Å². The van der Waals surface area contributed by atoms with Gasteiger partial charge in [-0.25, -0.2) is 9.18 Å². The van der Waals surface area contributed by atoms with Crippen LogP contribution in [0.4, 0.5) is 4.39 Å². The molecule has 2 aromatic carbocycles. The fourth-order valence-electron chi connectivity index (χ4n) is 3.27. The van der Waals surface area contributed by atoms with Crippen molar-refractivity contribution in [3.8, 4) is 5.75 Å². The zero-order valence-corrected chi connectivity index (χ0v) is 15.7. The second-order valence-corrected chi connectivity index (χ2v) is 6.90. The molecule has 7 nitrogen and oxygen atoms in total. The Morgan fingerprint density at radius 1 is 1.18 bits per heavy atom. The number of esters is 1. The molecule has 0 unspecified atom stereocenters. The summed E-state index contributed by atoms with van der Waals surface area (Å²) in [5, 5.41) is 0. The summed E-state index contributed by atoms with van der Waals surface area (Å²) in [6.07, 6.45) is -0.317. The normalized spacial score (nSPS) is 19.0. The lowest BCUT2D eigenvalue weighted by molar-refractivity contribution is -0.145. The topological polar surface area (TPSA) is 81.6 Å². The number of carbonyl (C=O) groups is 2. The van der Waals surface area contributed by atoms with Crippen LogP contribution in [0.5, 0.6) is 5.75 Å². The molecule has 4 rings (SSSR count). The van der Waals surface area contributed by atoms with Crippen LogP contribution in [0.1, 0.15) is 16.8 Å². The van der Waals surface area contributed by atoms with Gasteiger partial charge in [0.15, 0.2) is 11.6 Å². The average molecular weight is 401 g/mol. The van der Waals surface area contributed by atoms with Gasteiger partial charge in [0.25, 0.3) is 5.91 Å². The number of likely N-dealkylation sites (tertiary alicyclic amines) is 1. The van der Waals surface area contributed by atoms with Crippen LogP contribution < -0.4 is 4.74 Å². The predicted octanol–water partition coefficient (Wildman–Crippen LogP) is 2.67. The fourth-order valence-corrected chi connectivity index (χ4v) is 3.78. The van der Waals surface area contributed by atoms with Crippen molar-refractivity contribution in [2.24, 2.45) is 0 Å². The van der Waals surface area contributed by atoms with Gasteiger partial charge >= 0.3 is 5.97 Å². The Labute approximate surface area is 164 Å². The third-order valence-corrected chi connectivity index (χ3v) is 5.18. The van der Waals surface area contributed by atoms with Crippen molar-refractivity contribution in [3.63, 3.8) is 0 Å². The highest BCUT2D eigenvalue weighted by Gasteiger charge is 2.42. The quantitative estimate of drug-likeness (QED) is 0.625. The van der Waals surface area contributed by atoms with E-state index in [4.69, 9.17) is 9.47 Å². The number of aromatic nitrogens is 2. The number of benzene rings is 2. The number of hydrogen-bond donors (Lipinski definition) is 0. The minimum absolute atomic E-state index is 0.0837. The molecule has 2 atom stereocenters. The van der Waals surface area contributed by atoms with Crippen LogP contribution in [-0.4, -0.2) is 51.3 Å². The van der Waals surface area contributed by atoms with E-state index in [1.165, 1.54) is 24.1 Å². The Kier molecular flexibility index (Phi) is 4.91. The number of nitrogens with zero attached hydrogens (tertiary/aromatic N) is 3. The molecule has 1 saturated heterocycles. The average Bonchev–Trinajstić information content (AvgIpc) is 3.35. The van der Waals surface area contributed by atoms with E-state index in [9.17, 15) is 14.0 Å². The molecule has 0 aliphatic carbocycles. The maximum absolute atomic E-state index is 13.9. The Morgan fingerprint density at radius 3 is 2.75 bits per heavy atom. The molecule has 1 fully saturated rings. The summed E-state index contributed by atoms with van der Waals surface area (Å²) in [6, 6.07) is 10.2. The standard InChI is InChI=1S/C19H16FN3O4S/c1-26-19(25)16-9-12(27-17-5-3-2-4-13(17)20)10-23(16)18(24)11-6-7-14-15(8-11)22-28-21-14/h2-8,12,16H,9-10H2,1H3/t12-,16-/m0/s1. The number of halogens is 1. The van der Waals surface area contributed by atoms with Crippen LogP contribution in [0.2, 0.25) is 0 Å². The van der Waals surface area contributed by atoms with Gasteiger partial charge in [-0.1, -0.05) is 12.1 Å². The number of rotatable bonds is 4. The first-order valence-electron chi connectivity index (χ1n) is 8.59. The van der Waals surface area contributed by atoms with Crippen molar-refractivity contribution < 1.29 is 23.5 Å². The third kappa shape index (κ3) is 3.40. The van der Waals surface area contributed by atoms with Crippen molar-refractivity contribution >= 4 is 34.6 Å². The van der Waals surface area contributed by atoms with Crippen molar-refractivity contribution in [3.05, 3.63) is 53.8 Å². The van der Waals surface area contributed by atoms with Crippen molar-refractivity contribution in [1.29, 1.82) is 0 Å². The summed E-state index contributed by atoms with van der Waals surface area (Å²) in [7, 11) is 1.27. The van der Waals surface area contributed by atoms with Crippen LogP contribution >= 0.6 is 11.7 Å². The van der Waals surface area contributed by atoms with Crippen LogP contribution in [0.15, 0.2) is 42.5 Å². The molecule has 0 saturated carbocycles. The molecule has 0 radical (unpaired) electrons. The number of fused-ring (bicyclic) bond motifs is 1. The molecule has 9 heteroatoms. The summed E-state index contributed by atoms with van der Waals surface area (Å²) >= 11 is 1.06. The summed E-state index contributed by atoms with van der Waals surface area (Å²) in [6.45, 7) is 0.139. The van der Waals surface area contributed by atoms with Gasteiger partial charge in [0.1, 0.15) is 23.2 Å². The van der Waals surface area contributed by atoms with Crippen LogP contribution in [-0.2, 0) is 9.53 Å². The van der Waals surface area contributed by atoms with Gasteiger partial charge in [0.2, 0.25) is 0 Å². The smallest absolute Gasteiger partial charge is 0.328 e. The molecule has 1 aromatic heterocycles. The Balaban J connectivity index is 1.58. The summed E-state index contributed by atoms with van der Waals surface area (Å²) < 4.78 is 32.7. The van der Waals surface area contributed by atoms with Crippen LogP contribution in [0.25, 0.3) is 11.0 Å². The van der Waals surface area contributed by atoms with E-state index < -0.39 is 23.9 Å². The van der Waals surface area contributed by atoms with Crippen molar-refractivity contribution in [1.82, 2.24) is 13.6 Å². The van der Waals surface area contributed by atoms with E-state index in [-0.39, 0.29) is 24.6 Å². The van der Waals surface area contributed by atoms with Gasteiger partial charge in [-0.15, -0.1) is 0 Å². The monoisotopic (exact) mass is 401 g/mol. The molecular formula is C19H16FN3O4S. The Hall–Kier alpha value is -3.07. The van der Waals surface area contributed by atoms with Crippen molar-refractivity contribution in [2.75, 3.05) is 13.7 Å². The van der Waals surface area contributed by atoms with Crippen LogP contribution in [0, 0.1) is 5.82 Å². The molecule has 1 aliphatic rings. The van der Waals surface area contributed by atoms with Gasteiger partial charge in [-0.2, -0.15) is 8.75 Å². The Morgan fingerprint density at radius 2 is 1.96 bits per heavy atom. The minimum atomic E-state index is -0.807. The zero-order valence-electron chi connectivity index (χ0n) is 14.9. The van der Waals surface area contributed by atoms with E-state index in [1.54, 1.807) is 30.3 Å². The van der Waals surface area contributed by atoms with Crippen molar-refractivity contribution in [2.45, 2.75) is 18.6 Å². The van der Waals surface area contributed by atoms with Gasteiger partial charge in [0.05, 0.1) is 25.4 Å². The summed E-state index contributed by atoms with van der Waals surface area (Å²) in [4.78, 5) is 26.7.